The largest absolute Gasteiger partial charge is 0.426 e. The van der Waals surface area contributed by atoms with Gasteiger partial charge in [0.1, 0.15) is 0 Å². The highest BCUT2D eigenvalue weighted by Crippen LogP contribution is 2.33. The zero-order chi connectivity index (χ0) is 23.8. The number of hydrogen-bond donors (Lipinski definition) is 2. The van der Waals surface area contributed by atoms with E-state index in [0.29, 0.717) is 0 Å². The van der Waals surface area contributed by atoms with E-state index in [-0.39, 0.29) is 33.1 Å². The molecule has 0 saturated carbocycles. The van der Waals surface area contributed by atoms with Crippen molar-refractivity contribution in [3.8, 4) is 0 Å². The molecule has 1 amide bonds. The third-order valence-corrected chi connectivity index (χ3v) is 8.20. The van der Waals surface area contributed by atoms with Crippen LogP contribution in [-0.4, -0.2) is 45.4 Å². The van der Waals surface area contributed by atoms with Gasteiger partial charge in [0, 0.05) is 0 Å². The summed E-state index contributed by atoms with van der Waals surface area (Å²) >= 11 is 5.91. The lowest BCUT2D eigenvalue weighted by molar-refractivity contribution is -0.242. The van der Waals surface area contributed by atoms with Crippen molar-refractivity contribution in [3.05, 3.63) is 47.5 Å². The molecular weight excluding hydrogens is 483 g/mol. The maximum absolute atomic E-state index is 12.8. The summed E-state index contributed by atoms with van der Waals surface area (Å²) in [6, 6.07) is 7.35. The molecule has 0 bridgehead atoms. The standard InChI is InChI=1S/C18H17ClF3NO6S2/c1-3-30(26,27)11-4-6-12(7-5-11)31(28,29)13-8-9-15(14(19)10-13)23-16(24)17(2,25)18(20,21)22/h4-10,25H,3H2,1-2H3,(H,23,24)/t17-/m1/s1. The minimum Gasteiger partial charge on any atom is -0.373 e. The van der Waals surface area contributed by atoms with Gasteiger partial charge in [-0.05, 0) is 49.4 Å². The SMILES string of the molecule is CCS(=O)(=O)c1ccc(S(=O)(=O)c2ccc(NC(=O)[C@@](C)(O)C(F)(F)F)c(Cl)c2)cc1. The molecule has 0 aliphatic carbocycles. The summed E-state index contributed by atoms with van der Waals surface area (Å²) in [4.78, 5) is 11.1. The average molecular weight is 500 g/mol. The summed E-state index contributed by atoms with van der Waals surface area (Å²) in [5.74, 6) is -1.96. The normalized spacial score (nSPS) is 14.7. The number of alkyl halides is 3. The molecule has 0 unspecified atom stereocenters. The fraction of sp³-hybridized carbons (Fsp3) is 0.278. The number of anilines is 1. The molecule has 0 aliphatic heterocycles. The third kappa shape index (κ3) is 5.03. The molecule has 31 heavy (non-hydrogen) atoms. The second-order valence-corrected chi connectivity index (χ2v) is 11.2. The van der Waals surface area contributed by atoms with Gasteiger partial charge < -0.3 is 10.4 Å². The molecule has 0 radical (unpaired) electrons. The molecule has 0 aliphatic rings. The van der Waals surface area contributed by atoms with Crippen molar-refractivity contribution in [3.63, 3.8) is 0 Å². The Morgan fingerprint density at radius 2 is 1.48 bits per heavy atom. The number of hydrogen-bond acceptors (Lipinski definition) is 6. The Morgan fingerprint density at radius 3 is 1.94 bits per heavy atom. The van der Waals surface area contributed by atoms with Gasteiger partial charge in [-0.25, -0.2) is 16.8 Å². The van der Waals surface area contributed by atoms with Crippen molar-refractivity contribution in [2.75, 3.05) is 11.1 Å². The van der Waals surface area contributed by atoms with Crippen LogP contribution in [0.4, 0.5) is 18.9 Å². The zero-order valence-corrected chi connectivity index (χ0v) is 18.5. The first-order valence-corrected chi connectivity index (χ1v) is 12.0. The van der Waals surface area contributed by atoms with E-state index in [1.807, 2.05) is 0 Å². The summed E-state index contributed by atoms with van der Waals surface area (Å²) in [7, 11) is -7.68. The lowest BCUT2D eigenvalue weighted by atomic mass is 10.1. The molecule has 0 saturated heterocycles. The third-order valence-electron chi connectivity index (χ3n) is 4.37. The minimum atomic E-state index is -5.25. The number of aliphatic hydroxyl groups is 1. The highest BCUT2D eigenvalue weighted by molar-refractivity contribution is 7.92. The highest BCUT2D eigenvalue weighted by Gasteiger charge is 2.55. The van der Waals surface area contributed by atoms with Crippen LogP contribution in [-0.2, 0) is 24.5 Å². The number of sulfone groups is 2. The van der Waals surface area contributed by atoms with E-state index < -0.39 is 42.4 Å². The van der Waals surface area contributed by atoms with E-state index in [9.17, 15) is 39.9 Å². The Morgan fingerprint density at radius 1 is 1.00 bits per heavy atom. The van der Waals surface area contributed by atoms with Gasteiger partial charge in [-0.3, -0.25) is 4.79 Å². The molecule has 2 aromatic rings. The van der Waals surface area contributed by atoms with Gasteiger partial charge in [0.25, 0.3) is 5.91 Å². The van der Waals surface area contributed by atoms with Crippen molar-refractivity contribution < 1.29 is 39.9 Å². The molecular formula is C18H17ClF3NO6S2. The van der Waals surface area contributed by atoms with E-state index in [2.05, 4.69) is 0 Å². The van der Waals surface area contributed by atoms with Gasteiger partial charge in [0.05, 0.1) is 31.1 Å². The van der Waals surface area contributed by atoms with Crippen molar-refractivity contribution in [2.24, 2.45) is 0 Å². The number of carbonyl (C=O) groups is 1. The Labute approximate surface area is 181 Å². The van der Waals surface area contributed by atoms with Crippen molar-refractivity contribution in [2.45, 2.75) is 40.3 Å². The fourth-order valence-corrected chi connectivity index (χ4v) is 4.73. The van der Waals surface area contributed by atoms with E-state index in [4.69, 9.17) is 11.6 Å². The second-order valence-electron chi connectivity index (χ2n) is 6.54. The Balaban J connectivity index is 2.35. The van der Waals surface area contributed by atoms with Crippen LogP contribution in [0, 0.1) is 0 Å². The quantitative estimate of drug-likeness (QED) is 0.630. The molecule has 7 nitrogen and oxygen atoms in total. The molecule has 0 aromatic heterocycles. The molecule has 2 rings (SSSR count). The van der Waals surface area contributed by atoms with Crippen LogP contribution < -0.4 is 5.32 Å². The van der Waals surface area contributed by atoms with Gasteiger partial charge in [-0.1, -0.05) is 18.5 Å². The predicted molar refractivity (Wildman–Crippen MR) is 106 cm³/mol. The first kappa shape index (κ1) is 25.1. The summed E-state index contributed by atoms with van der Waals surface area (Å²) in [6.45, 7) is 1.70. The number of benzene rings is 2. The smallest absolute Gasteiger partial charge is 0.373 e. The summed E-state index contributed by atoms with van der Waals surface area (Å²) in [6.07, 6.45) is -5.25. The molecule has 2 aromatic carbocycles. The topological polar surface area (TPSA) is 118 Å². The molecule has 0 fully saturated rings. The second kappa shape index (κ2) is 8.41. The zero-order valence-electron chi connectivity index (χ0n) is 16.1. The number of nitrogens with one attached hydrogen (secondary N) is 1. The summed E-state index contributed by atoms with van der Waals surface area (Å²) in [5.41, 5.74) is -4.04. The van der Waals surface area contributed by atoms with E-state index in [1.165, 1.54) is 6.92 Å². The monoisotopic (exact) mass is 499 g/mol. The van der Waals surface area contributed by atoms with Crippen LogP contribution in [0.2, 0.25) is 5.02 Å². The summed E-state index contributed by atoms with van der Waals surface area (Å²) < 4.78 is 87.5. The van der Waals surface area contributed by atoms with Gasteiger partial charge in [0.15, 0.2) is 9.84 Å². The lowest BCUT2D eigenvalue weighted by Gasteiger charge is -2.25. The minimum absolute atomic E-state index is 0.0539. The number of rotatable bonds is 6. The van der Waals surface area contributed by atoms with Crippen LogP contribution in [0.15, 0.2) is 57.2 Å². The maximum Gasteiger partial charge on any atom is 0.426 e. The van der Waals surface area contributed by atoms with E-state index in [1.54, 1.807) is 5.32 Å². The molecule has 0 heterocycles. The van der Waals surface area contributed by atoms with Crippen molar-refractivity contribution in [1.82, 2.24) is 0 Å². The Bertz CT molecular complexity index is 1210. The van der Waals surface area contributed by atoms with Gasteiger partial charge in [-0.15, -0.1) is 0 Å². The molecule has 1 atom stereocenters. The predicted octanol–water partition coefficient (Wildman–Crippen LogP) is 3.22. The van der Waals surface area contributed by atoms with Crippen LogP contribution in [0.1, 0.15) is 13.8 Å². The van der Waals surface area contributed by atoms with E-state index in [0.717, 1.165) is 42.5 Å². The van der Waals surface area contributed by atoms with Crippen LogP contribution in [0.3, 0.4) is 0 Å². The first-order valence-electron chi connectivity index (χ1n) is 8.52. The lowest BCUT2D eigenvalue weighted by Crippen LogP contribution is -2.52. The molecule has 2 N–H and O–H groups in total. The molecule has 170 valence electrons. The fourth-order valence-electron chi connectivity index (χ4n) is 2.27. The van der Waals surface area contributed by atoms with Crippen LogP contribution in [0.25, 0.3) is 0 Å². The van der Waals surface area contributed by atoms with Crippen LogP contribution >= 0.6 is 11.6 Å². The van der Waals surface area contributed by atoms with Crippen molar-refractivity contribution in [1.29, 1.82) is 0 Å². The average Bonchev–Trinajstić information content (AvgIpc) is 2.68. The van der Waals surface area contributed by atoms with Gasteiger partial charge in [-0.2, -0.15) is 13.2 Å². The Hall–Kier alpha value is -2.15. The van der Waals surface area contributed by atoms with Crippen LogP contribution in [0.5, 0.6) is 0 Å². The number of carbonyl (C=O) groups excluding carboxylic acids is 1. The van der Waals surface area contributed by atoms with Crippen molar-refractivity contribution >= 4 is 42.9 Å². The van der Waals surface area contributed by atoms with Gasteiger partial charge in [0.2, 0.25) is 15.4 Å². The summed E-state index contributed by atoms with van der Waals surface area (Å²) in [5, 5.41) is 10.8. The van der Waals surface area contributed by atoms with Gasteiger partial charge >= 0.3 is 6.18 Å². The maximum atomic E-state index is 12.8. The number of halogens is 4. The number of amides is 1. The van der Waals surface area contributed by atoms with E-state index >= 15 is 0 Å². The molecule has 13 heteroatoms. The highest BCUT2D eigenvalue weighted by atomic mass is 35.5. The molecule has 0 spiro atoms. The first-order chi connectivity index (χ1) is 14.0. The Kier molecular flexibility index (Phi) is 6.82.